The van der Waals surface area contributed by atoms with E-state index in [0.717, 1.165) is 10.9 Å². The van der Waals surface area contributed by atoms with Gasteiger partial charge >= 0.3 is 0 Å². The molecule has 0 nitrogen and oxygen atoms in total. The molecule has 0 radical (unpaired) electrons. The summed E-state index contributed by atoms with van der Waals surface area (Å²) in [6, 6.07) is 12.7. The molecule has 2 atom stereocenters. The highest BCUT2D eigenvalue weighted by Gasteiger charge is 2.23. The predicted molar refractivity (Wildman–Crippen MR) is 84.8 cm³/mol. The Labute approximate surface area is 126 Å². The summed E-state index contributed by atoms with van der Waals surface area (Å²) in [5.41, 5.74) is 1.32. The van der Waals surface area contributed by atoms with Crippen LogP contribution >= 0.6 is 38.9 Å². The van der Waals surface area contributed by atoms with Gasteiger partial charge in [-0.25, -0.2) is 0 Å². The maximum absolute atomic E-state index is 6.68. The third-order valence-electron chi connectivity index (χ3n) is 3.17. The number of benzene rings is 1. The van der Waals surface area contributed by atoms with Crippen molar-refractivity contribution in [3.63, 3.8) is 0 Å². The second-order valence-electron chi connectivity index (χ2n) is 4.38. The van der Waals surface area contributed by atoms with E-state index >= 15 is 0 Å². The van der Waals surface area contributed by atoms with Gasteiger partial charge in [0.15, 0.2) is 0 Å². The smallest absolute Gasteiger partial charge is 0.0747 e. The van der Waals surface area contributed by atoms with Gasteiger partial charge in [-0.15, -0.1) is 22.9 Å². The SMILES string of the molecule is CCC(c1ccccc1)C(Cl)c1cc(Br)c(C)s1. The first kappa shape index (κ1) is 14.1. The summed E-state index contributed by atoms with van der Waals surface area (Å²) in [4.78, 5) is 2.54. The zero-order valence-corrected chi connectivity index (χ0v) is 13.6. The zero-order chi connectivity index (χ0) is 13.1. The fourth-order valence-corrected chi connectivity index (χ4v) is 4.25. The lowest BCUT2D eigenvalue weighted by atomic mass is 9.92. The highest BCUT2D eigenvalue weighted by Crippen LogP contribution is 2.43. The number of hydrogen-bond donors (Lipinski definition) is 0. The van der Waals surface area contributed by atoms with E-state index in [1.807, 2.05) is 6.07 Å². The van der Waals surface area contributed by atoms with Crippen LogP contribution in [0, 0.1) is 6.92 Å². The van der Waals surface area contributed by atoms with Crippen molar-refractivity contribution in [3.8, 4) is 0 Å². The Morgan fingerprint density at radius 1 is 1.28 bits per heavy atom. The minimum Gasteiger partial charge on any atom is -0.143 e. The molecule has 0 saturated carbocycles. The van der Waals surface area contributed by atoms with Crippen LogP contribution in [0.2, 0.25) is 0 Å². The van der Waals surface area contributed by atoms with Crippen LogP contribution in [0.4, 0.5) is 0 Å². The van der Waals surface area contributed by atoms with Crippen molar-refractivity contribution >= 4 is 38.9 Å². The molecule has 3 heteroatoms. The quantitative estimate of drug-likeness (QED) is 0.572. The van der Waals surface area contributed by atoms with E-state index in [1.54, 1.807) is 11.3 Å². The normalized spacial score (nSPS) is 14.4. The Kier molecular flexibility index (Phi) is 4.88. The van der Waals surface area contributed by atoms with Crippen molar-refractivity contribution in [2.24, 2.45) is 0 Å². The molecule has 0 bridgehead atoms. The summed E-state index contributed by atoms with van der Waals surface area (Å²) in [6.07, 6.45) is 1.05. The maximum atomic E-state index is 6.68. The Balaban J connectivity index is 2.28. The van der Waals surface area contributed by atoms with E-state index in [0.29, 0.717) is 5.92 Å². The van der Waals surface area contributed by atoms with Gasteiger partial charge in [-0.3, -0.25) is 0 Å². The number of rotatable bonds is 4. The average Bonchev–Trinajstić information content (AvgIpc) is 2.72. The maximum Gasteiger partial charge on any atom is 0.0747 e. The highest BCUT2D eigenvalue weighted by molar-refractivity contribution is 9.10. The number of hydrogen-bond acceptors (Lipinski definition) is 1. The van der Waals surface area contributed by atoms with Crippen LogP contribution < -0.4 is 0 Å². The van der Waals surface area contributed by atoms with Gasteiger partial charge in [0, 0.05) is 20.1 Å². The second kappa shape index (κ2) is 6.23. The number of halogens is 2. The van der Waals surface area contributed by atoms with Crippen LogP contribution in [0.5, 0.6) is 0 Å². The lowest BCUT2D eigenvalue weighted by molar-refractivity contribution is 0.646. The molecule has 0 aliphatic heterocycles. The van der Waals surface area contributed by atoms with Crippen molar-refractivity contribution in [2.45, 2.75) is 31.6 Å². The van der Waals surface area contributed by atoms with Crippen molar-refractivity contribution in [2.75, 3.05) is 0 Å². The van der Waals surface area contributed by atoms with Gasteiger partial charge in [0.25, 0.3) is 0 Å². The first-order valence-corrected chi connectivity index (χ1v) is 8.13. The topological polar surface area (TPSA) is 0 Å². The standard InChI is InChI=1S/C15H16BrClS/c1-3-12(11-7-5-4-6-8-11)15(17)14-9-13(16)10(2)18-14/h4-9,12,15H,3H2,1-2H3. The highest BCUT2D eigenvalue weighted by atomic mass is 79.9. The number of aryl methyl sites for hydroxylation is 1. The zero-order valence-electron chi connectivity index (χ0n) is 10.5. The molecule has 2 aromatic rings. The minimum atomic E-state index is 0.0485. The van der Waals surface area contributed by atoms with Crippen LogP contribution in [0.25, 0.3) is 0 Å². The summed E-state index contributed by atoms with van der Waals surface area (Å²) in [7, 11) is 0. The lowest BCUT2D eigenvalue weighted by Crippen LogP contribution is -2.04. The van der Waals surface area contributed by atoms with Gasteiger partial charge in [-0.1, -0.05) is 37.3 Å². The third kappa shape index (κ3) is 2.98. The fraction of sp³-hybridized carbons (Fsp3) is 0.333. The van der Waals surface area contributed by atoms with E-state index < -0.39 is 0 Å². The molecule has 0 fully saturated rings. The summed E-state index contributed by atoms with van der Waals surface area (Å²) in [5.74, 6) is 0.373. The van der Waals surface area contributed by atoms with Gasteiger partial charge in [0.05, 0.1) is 5.38 Å². The molecule has 2 rings (SSSR count). The van der Waals surface area contributed by atoms with Crippen LogP contribution in [-0.2, 0) is 0 Å². The molecule has 18 heavy (non-hydrogen) atoms. The fourth-order valence-electron chi connectivity index (χ4n) is 2.13. The second-order valence-corrected chi connectivity index (χ2v) is 6.99. The molecule has 0 N–H and O–H groups in total. The van der Waals surface area contributed by atoms with Crippen LogP contribution in [-0.4, -0.2) is 0 Å². The molecule has 0 amide bonds. The summed E-state index contributed by atoms with van der Waals surface area (Å²) in [6.45, 7) is 4.31. The van der Waals surface area contributed by atoms with E-state index in [9.17, 15) is 0 Å². The lowest BCUT2D eigenvalue weighted by Gasteiger charge is -2.20. The van der Waals surface area contributed by atoms with Gasteiger partial charge in [0.2, 0.25) is 0 Å². The van der Waals surface area contributed by atoms with E-state index in [1.165, 1.54) is 15.3 Å². The van der Waals surface area contributed by atoms with Gasteiger partial charge in [-0.05, 0) is 40.9 Å². The van der Waals surface area contributed by atoms with Crippen LogP contribution in [0.3, 0.4) is 0 Å². The van der Waals surface area contributed by atoms with Gasteiger partial charge in [-0.2, -0.15) is 0 Å². The largest absolute Gasteiger partial charge is 0.143 e. The molecule has 0 aliphatic carbocycles. The Morgan fingerprint density at radius 3 is 2.44 bits per heavy atom. The summed E-state index contributed by atoms with van der Waals surface area (Å²) in [5, 5.41) is 0.0485. The molecule has 1 aromatic carbocycles. The van der Waals surface area contributed by atoms with Gasteiger partial charge < -0.3 is 0 Å². The molecule has 0 saturated heterocycles. The molecule has 0 spiro atoms. The summed E-state index contributed by atoms with van der Waals surface area (Å²) < 4.78 is 1.16. The molecule has 2 unspecified atom stereocenters. The molecular weight excluding hydrogens is 328 g/mol. The monoisotopic (exact) mass is 342 g/mol. The molecule has 1 aromatic heterocycles. The molecular formula is C15H16BrClS. The van der Waals surface area contributed by atoms with Crippen molar-refractivity contribution < 1.29 is 0 Å². The van der Waals surface area contributed by atoms with Crippen LogP contribution in [0.1, 0.15) is 40.0 Å². The first-order valence-electron chi connectivity index (χ1n) is 6.08. The predicted octanol–water partition coefficient (Wildman–Crippen LogP) is 6.29. The van der Waals surface area contributed by atoms with Crippen molar-refractivity contribution in [3.05, 3.63) is 56.2 Å². The number of alkyl halides is 1. The molecule has 0 aliphatic rings. The molecule has 96 valence electrons. The Bertz CT molecular complexity index is 487. The minimum absolute atomic E-state index is 0.0485. The van der Waals surface area contributed by atoms with E-state index in [-0.39, 0.29) is 5.38 Å². The van der Waals surface area contributed by atoms with Gasteiger partial charge in [0.1, 0.15) is 0 Å². The van der Waals surface area contributed by atoms with Crippen LogP contribution in [0.15, 0.2) is 40.9 Å². The molecule has 1 heterocycles. The van der Waals surface area contributed by atoms with E-state index in [2.05, 4.69) is 60.1 Å². The van der Waals surface area contributed by atoms with Crippen molar-refractivity contribution in [1.29, 1.82) is 0 Å². The third-order valence-corrected chi connectivity index (χ3v) is 6.06. The van der Waals surface area contributed by atoms with E-state index in [4.69, 9.17) is 11.6 Å². The number of thiophene rings is 1. The Morgan fingerprint density at radius 2 is 1.94 bits per heavy atom. The average molecular weight is 344 g/mol. The van der Waals surface area contributed by atoms with Crippen molar-refractivity contribution in [1.82, 2.24) is 0 Å². The summed E-state index contributed by atoms with van der Waals surface area (Å²) >= 11 is 12.0. The Hall–Kier alpha value is -0.310. The first-order chi connectivity index (χ1) is 8.63.